The van der Waals surface area contributed by atoms with E-state index in [4.69, 9.17) is 0 Å². The summed E-state index contributed by atoms with van der Waals surface area (Å²) in [5.41, 5.74) is 27.4. The quantitative estimate of drug-likeness (QED) is 0.109. The molecule has 20 heteroatoms. The van der Waals surface area contributed by atoms with Crippen molar-refractivity contribution in [3.63, 3.8) is 0 Å². The van der Waals surface area contributed by atoms with E-state index in [-0.39, 0.29) is 95.3 Å². The van der Waals surface area contributed by atoms with Crippen molar-refractivity contribution in [2.24, 2.45) is 0 Å². The van der Waals surface area contributed by atoms with Crippen molar-refractivity contribution in [3.8, 4) is 61.6 Å². The zero-order chi connectivity index (χ0) is 89.9. The molecule has 1 radical (unpaired) electrons. The summed E-state index contributed by atoms with van der Waals surface area (Å²) in [6.45, 7) is 12.1. The van der Waals surface area contributed by atoms with E-state index in [1.165, 1.54) is 78.6 Å². The van der Waals surface area contributed by atoms with Crippen LogP contribution in [0, 0.1) is 97.2 Å². The number of aryl methyl sites for hydroxylation is 2. The molecule has 0 atom stereocenters. The van der Waals surface area contributed by atoms with Crippen molar-refractivity contribution in [2.45, 2.75) is 13.8 Å². The van der Waals surface area contributed by atoms with Crippen molar-refractivity contribution in [2.75, 3.05) is 87.8 Å². The first kappa shape index (κ1) is 105. The molecule has 0 saturated carbocycles. The van der Waals surface area contributed by atoms with E-state index >= 15 is 0 Å². The Labute approximate surface area is 864 Å². The van der Waals surface area contributed by atoms with Gasteiger partial charge in [0.2, 0.25) is 0 Å². The maximum atomic E-state index is 4.37. The van der Waals surface area contributed by atoms with Crippen LogP contribution in [0.3, 0.4) is 0 Å². The molecule has 0 fully saturated rings. The van der Waals surface area contributed by atoms with Gasteiger partial charge in [-0.15, -0.1) is 81.8 Å². The summed E-state index contributed by atoms with van der Waals surface area (Å²) >= 11 is 0. The Morgan fingerprint density at radius 3 is 0.803 bits per heavy atom. The predicted octanol–water partition coefficient (Wildman–Crippen LogP) is 26.1. The zero-order valence-electron chi connectivity index (χ0n) is 77.6. The Balaban J connectivity index is 0.000000162. The first-order chi connectivity index (χ1) is 64.4. The number of para-hydroxylation sites is 10. The summed E-state index contributed by atoms with van der Waals surface area (Å²) in [7, 11) is 10.3. The number of nitrogens with zero attached hydrogens (tertiary/aromatic N) is 16. The molecule has 0 bridgehead atoms. The van der Waals surface area contributed by atoms with E-state index in [0.29, 0.717) is 0 Å². The van der Waals surface area contributed by atoms with Gasteiger partial charge >= 0.3 is 60.3 Å². The first-order valence-electron chi connectivity index (χ1n) is 43.3. The summed E-state index contributed by atoms with van der Waals surface area (Å²) in [4.78, 5) is 21.5. The molecule has 137 heavy (non-hydrogen) atoms. The van der Waals surface area contributed by atoms with Crippen LogP contribution in [0.2, 0.25) is 0 Å². The average Bonchev–Trinajstić information content (AvgIpc) is 1.65. The van der Waals surface area contributed by atoms with Gasteiger partial charge in [-0.1, -0.05) is 191 Å². The third kappa shape index (κ3) is 27.9. The number of anilines is 11. The van der Waals surface area contributed by atoms with Gasteiger partial charge in [0.1, 0.15) is 0 Å². The fourth-order valence-corrected chi connectivity index (χ4v) is 15.1. The average molecular weight is 2500 g/mol. The maximum Gasteiger partial charge on any atom is 3.00 e. The molecular weight excluding hydrogens is 2400 g/mol. The molecule has 693 valence electrons. The third-order valence-corrected chi connectivity index (χ3v) is 21.7. The smallest absolute Gasteiger partial charge is 0.504 e. The van der Waals surface area contributed by atoms with E-state index < -0.39 is 0 Å². The third-order valence-electron chi connectivity index (χ3n) is 21.7. The van der Waals surface area contributed by atoms with Gasteiger partial charge in [0.05, 0.1) is 19.0 Å². The van der Waals surface area contributed by atoms with Crippen molar-refractivity contribution >= 4 is 62.6 Å². The molecule has 3 aromatic heterocycles. The second kappa shape index (κ2) is 52.8. The number of fused-ring (bicyclic) bond motifs is 3. The van der Waals surface area contributed by atoms with Gasteiger partial charge in [0, 0.05) is 124 Å². The SMILES string of the molecule is CN1C=CN(c2[c-]cc(-c3ccccc3)cc2)C1.CN1C=CN(c2[c-]cc(-c3ccccc3)cc2)C1.CN1[CH-]N(c2[c-]cc(-c3ccccc3)cc2)c2ccccc21.CN1[CH-]N(c2[c-]cc(-c3ccccc3)cc2)c2ccccc21.CN1[CH-]N(c2[c-]cccc2)c2ccccc21.Cc1cc(C)n(-c2[c-]cccc2)n1.[CH3-].[CH3-].[Ir+3].[Ir+3].[Ir+3].[Ir].[c-]1ccccc1-n1cccn1.[c-]1ccccc1-n1cccn1. The van der Waals surface area contributed by atoms with Crippen LogP contribution in [0.4, 0.5) is 62.6 Å². The minimum atomic E-state index is 0. The molecule has 5 aliphatic rings. The summed E-state index contributed by atoms with van der Waals surface area (Å²) in [5, 5.41) is 12.5. The molecule has 0 N–H and O–H groups in total. The van der Waals surface area contributed by atoms with E-state index in [0.717, 1.165) is 70.2 Å². The van der Waals surface area contributed by atoms with Gasteiger partial charge in [-0.05, 0) is 107 Å². The van der Waals surface area contributed by atoms with Gasteiger partial charge < -0.3 is 63.9 Å². The minimum absolute atomic E-state index is 0. The molecule has 23 rings (SSSR count). The molecule has 15 aromatic carbocycles. The summed E-state index contributed by atoms with van der Waals surface area (Å²) < 4.78 is 5.45. The normalized spacial score (nSPS) is 12.2. The summed E-state index contributed by atoms with van der Waals surface area (Å²) in [6.07, 6.45) is 15.6. The minimum Gasteiger partial charge on any atom is -0.504 e. The van der Waals surface area contributed by atoms with E-state index in [1.807, 2.05) is 158 Å². The first-order valence-corrected chi connectivity index (χ1v) is 43.3. The van der Waals surface area contributed by atoms with Crippen molar-refractivity contribution in [1.29, 1.82) is 0 Å². The van der Waals surface area contributed by atoms with E-state index in [1.54, 1.807) is 21.8 Å². The maximum absolute atomic E-state index is 4.37. The van der Waals surface area contributed by atoms with Gasteiger partial charge in [-0.3, -0.25) is 14.0 Å². The van der Waals surface area contributed by atoms with Gasteiger partial charge in [-0.25, -0.2) is 0 Å². The Morgan fingerprint density at radius 2 is 0.547 bits per heavy atom. The number of hydrogen-bond donors (Lipinski definition) is 0. The molecule has 18 aromatic rings. The number of aromatic nitrogens is 6. The standard InChI is InChI=1S/2C20H16N2.2C16H15N2.C14H12N2.C11H11N2.2C9H7N2.2CH3.4Ir/c2*1-21-15-22(20-10-6-5-9-19(20)21)18-13-11-17(12-14-18)16-7-3-2-4-8-16;2*1-17-11-12-18(13-17)16-9-7-15(8-10-16)14-5-3-2-4-6-14;1-15-11-16(12-7-3-2-4-8-12)14-10-6-5-9-13(14)15;1-9-8-10(2)13(12-9)11-6-4-3-5-7-11;2*1-2-5-9(6-3-1)11-8-4-7-10-11;;;;;;/h2*2-13,15H,1H3;2*2-9,11-12H,13H2,1H3;2-7,9-11H,1H3;3-6,8H,1-2H3;2*1-5,7-8H;2*1H3;;;;/q2*-2;2*-1;-2;5*-1;;3*+3. The van der Waals surface area contributed by atoms with Crippen LogP contribution in [-0.4, -0.2) is 87.7 Å². The number of benzene rings is 15. The molecule has 0 spiro atoms. The van der Waals surface area contributed by atoms with E-state index in [9.17, 15) is 0 Å². The molecule has 0 unspecified atom stereocenters. The fraction of sp³-hybridized carbons (Fsp3) is 0.0769. The van der Waals surface area contributed by atoms with Crippen molar-refractivity contribution in [3.05, 3.63) is 527 Å². The van der Waals surface area contributed by atoms with Crippen LogP contribution in [-0.2, 0) is 80.4 Å². The van der Waals surface area contributed by atoms with E-state index in [2.05, 4.69) is 448 Å². The molecule has 5 aliphatic heterocycles. The number of rotatable bonds is 12. The summed E-state index contributed by atoms with van der Waals surface area (Å²) in [5.74, 6) is 0. The zero-order valence-corrected chi connectivity index (χ0v) is 87.2. The Morgan fingerprint density at radius 1 is 0.270 bits per heavy atom. The molecule has 8 heterocycles. The Hall–Kier alpha value is -14.0. The van der Waals surface area contributed by atoms with Crippen LogP contribution < -0.4 is 39.2 Å². The second-order valence-corrected chi connectivity index (χ2v) is 31.1. The van der Waals surface area contributed by atoms with Gasteiger partial charge in [0.25, 0.3) is 0 Å². The second-order valence-electron chi connectivity index (χ2n) is 31.1. The topological polar surface area (TPSA) is 85.9 Å². The molecule has 0 amide bonds. The Bertz CT molecular complexity index is 6250. The van der Waals surface area contributed by atoms with Crippen LogP contribution in [0.25, 0.3) is 61.6 Å². The van der Waals surface area contributed by atoms with Gasteiger partial charge in [-0.2, -0.15) is 211 Å². The molecule has 0 saturated heterocycles. The van der Waals surface area contributed by atoms with Crippen LogP contribution >= 0.6 is 0 Å². The van der Waals surface area contributed by atoms with Crippen LogP contribution in [0.1, 0.15) is 11.4 Å². The van der Waals surface area contributed by atoms with Crippen LogP contribution in [0.5, 0.6) is 0 Å². The monoisotopic (exact) mass is 2510 g/mol. The van der Waals surface area contributed by atoms with Crippen molar-refractivity contribution < 1.29 is 80.4 Å². The van der Waals surface area contributed by atoms with Gasteiger partial charge in [0.15, 0.2) is 0 Å². The number of hydrogen-bond acceptors (Lipinski definition) is 13. The van der Waals surface area contributed by atoms with Crippen LogP contribution in [0.15, 0.2) is 432 Å². The van der Waals surface area contributed by atoms with Crippen molar-refractivity contribution in [1.82, 2.24) is 39.1 Å². The molecule has 16 nitrogen and oxygen atoms in total. The predicted molar refractivity (Wildman–Crippen MR) is 550 cm³/mol. The Kier molecular flexibility index (Phi) is 40.5. The largest absolute Gasteiger partial charge is 3.00 e. The molecule has 0 aliphatic carbocycles. The summed E-state index contributed by atoms with van der Waals surface area (Å²) in [6, 6.07) is 155. The molecular formula is C117H105Ir4N16-4. The fourth-order valence-electron chi connectivity index (χ4n) is 15.1.